The molecule has 0 aliphatic carbocycles. The maximum absolute atomic E-state index is 8.38. The van der Waals surface area contributed by atoms with Crippen molar-refractivity contribution in [1.82, 2.24) is 0 Å². The van der Waals surface area contributed by atoms with Crippen LogP contribution in [0.15, 0.2) is 24.3 Å². The molecule has 0 saturated heterocycles. The second-order valence-electron chi connectivity index (χ2n) is 3.15. The van der Waals surface area contributed by atoms with E-state index in [0.717, 1.165) is 24.4 Å². The van der Waals surface area contributed by atoms with E-state index in [0.29, 0.717) is 13.0 Å². The Balaban J connectivity index is 2.40. The molecule has 0 fully saturated rings. The first-order valence-electron chi connectivity index (χ1n) is 5.20. The van der Waals surface area contributed by atoms with E-state index in [4.69, 9.17) is 10.00 Å². The van der Waals surface area contributed by atoms with Gasteiger partial charge in [0, 0.05) is 24.7 Å². The maximum Gasteiger partial charge on any atom is 0.121 e. The summed E-state index contributed by atoms with van der Waals surface area (Å²) >= 11 is 0. The third kappa shape index (κ3) is 4.37. The van der Waals surface area contributed by atoms with E-state index >= 15 is 0 Å². The second-order valence-corrected chi connectivity index (χ2v) is 3.15. The zero-order valence-electron chi connectivity index (χ0n) is 8.99. The molecule has 1 N–H and O–H groups in total. The Hall–Kier alpha value is -1.69. The van der Waals surface area contributed by atoms with Crippen molar-refractivity contribution in [2.24, 2.45) is 0 Å². The number of ether oxygens (including phenoxy) is 1. The molecule has 0 aliphatic heterocycles. The monoisotopic (exact) mass is 204 g/mol. The summed E-state index contributed by atoms with van der Waals surface area (Å²) in [5.41, 5.74) is 1.04. The van der Waals surface area contributed by atoms with Crippen molar-refractivity contribution in [2.75, 3.05) is 18.5 Å². The maximum atomic E-state index is 8.38. The summed E-state index contributed by atoms with van der Waals surface area (Å²) in [6, 6.07) is 9.97. The SMILES string of the molecule is CCOc1cccc(NCCCC#N)c1. The first-order chi connectivity index (χ1) is 7.36. The molecule has 1 aromatic rings. The van der Waals surface area contributed by atoms with Gasteiger partial charge < -0.3 is 10.1 Å². The molecular formula is C12H16N2O. The molecule has 0 unspecified atom stereocenters. The van der Waals surface area contributed by atoms with Gasteiger partial charge in [0.15, 0.2) is 0 Å². The fourth-order valence-electron chi connectivity index (χ4n) is 1.26. The van der Waals surface area contributed by atoms with Crippen molar-refractivity contribution in [3.8, 4) is 11.8 Å². The van der Waals surface area contributed by atoms with Gasteiger partial charge in [0.1, 0.15) is 5.75 Å². The zero-order chi connectivity index (χ0) is 10.9. The topological polar surface area (TPSA) is 45.0 Å². The lowest BCUT2D eigenvalue weighted by atomic mass is 10.3. The van der Waals surface area contributed by atoms with Gasteiger partial charge >= 0.3 is 0 Å². The van der Waals surface area contributed by atoms with Crippen molar-refractivity contribution in [2.45, 2.75) is 19.8 Å². The molecule has 0 heterocycles. The van der Waals surface area contributed by atoms with Crippen molar-refractivity contribution < 1.29 is 4.74 Å². The standard InChI is InChI=1S/C12H16N2O/c1-2-15-12-7-5-6-11(10-12)14-9-4-3-8-13/h5-7,10,14H,2-4,9H2,1H3. The van der Waals surface area contributed by atoms with Gasteiger partial charge in [-0.2, -0.15) is 5.26 Å². The highest BCUT2D eigenvalue weighted by atomic mass is 16.5. The molecule has 0 atom stereocenters. The summed E-state index contributed by atoms with van der Waals surface area (Å²) in [5, 5.41) is 11.6. The van der Waals surface area contributed by atoms with Crippen LogP contribution in [0.5, 0.6) is 5.75 Å². The van der Waals surface area contributed by atoms with Crippen LogP contribution in [0.25, 0.3) is 0 Å². The average Bonchev–Trinajstić information content (AvgIpc) is 2.26. The quantitative estimate of drug-likeness (QED) is 0.725. The van der Waals surface area contributed by atoms with Crippen LogP contribution in [-0.2, 0) is 0 Å². The van der Waals surface area contributed by atoms with Gasteiger partial charge in [-0.3, -0.25) is 0 Å². The van der Waals surface area contributed by atoms with Crippen LogP contribution in [0.3, 0.4) is 0 Å². The minimum atomic E-state index is 0.595. The van der Waals surface area contributed by atoms with Gasteiger partial charge in [-0.15, -0.1) is 0 Å². The summed E-state index contributed by atoms with van der Waals surface area (Å²) in [4.78, 5) is 0. The summed E-state index contributed by atoms with van der Waals surface area (Å²) < 4.78 is 5.38. The normalized spacial score (nSPS) is 9.33. The second kappa shape index (κ2) is 6.72. The Morgan fingerprint density at radius 1 is 1.47 bits per heavy atom. The summed E-state index contributed by atoms with van der Waals surface area (Å²) in [6.45, 7) is 3.47. The molecule has 0 aromatic heterocycles. The molecule has 1 rings (SSSR count). The third-order valence-electron chi connectivity index (χ3n) is 1.94. The largest absolute Gasteiger partial charge is 0.494 e. The number of nitriles is 1. The molecule has 0 spiro atoms. The molecule has 3 nitrogen and oxygen atoms in total. The summed E-state index contributed by atoms with van der Waals surface area (Å²) in [5.74, 6) is 0.878. The lowest BCUT2D eigenvalue weighted by Gasteiger charge is -2.07. The molecule has 3 heteroatoms. The summed E-state index contributed by atoms with van der Waals surface area (Å²) in [7, 11) is 0. The van der Waals surface area contributed by atoms with E-state index in [1.54, 1.807) is 0 Å². The van der Waals surface area contributed by atoms with Crippen molar-refractivity contribution in [3.63, 3.8) is 0 Å². The zero-order valence-corrected chi connectivity index (χ0v) is 8.99. The first kappa shape index (κ1) is 11.4. The molecule has 15 heavy (non-hydrogen) atoms. The Bertz CT molecular complexity index is 331. The van der Waals surface area contributed by atoms with Crippen molar-refractivity contribution >= 4 is 5.69 Å². The molecule has 0 bridgehead atoms. The third-order valence-corrected chi connectivity index (χ3v) is 1.94. The van der Waals surface area contributed by atoms with Gasteiger partial charge in [0.25, 0.3) is 0 Å². The Labute approximate surface area is 90.7 Å². The number of benzene rings is 1. The predicted molar refractivity (Wildman–Crippen MR) is 60.9 cm³/mol. The van der Waals surface area contributed by atoms with Crippen molar-refractivity contribution in [1.29, 1.82) is 5.26 Å². The number of hydrogen-bond donors (Lipinski definition) is 1. The lowest BCUT2D eigenvalue weighted by Crippen LogP contribution is -2.01. The van der Waals surface area contributed by atoms with Crippen LogP contribution in [0.2, 0.25) is 0 Å². The van der Waals surface area contributed by atoms with Gasteiger partial charge in [0.05, 0.1) is 12.7 Å². The lowest BCUT2D eigenvalue weighted by molar-refractivity contribution is 0.340. The number of anilines is 1. The van der Waals surface area contributed by atoms with Gasteiger partial charge in [-0.1, -0.05) is 6.07 Å². The first-order valence-corrected chi connectivity index (χ1v) is 5.20. The fourth-order valence-corrected chi connectivity index (χ4v) is 1.26. The molecule has 1 aromatic carbocycles. The van der Waals surface area contributed by atoms with Gasteiger partial charge in [0.2, 0.25) is 0 Å². The van der Waals surface area contributed by atoms with E-state index in [9.17, 15) is 0 Å². The Kier molecular flexibility index (Phi) is 5.10. The minimum Gasteiger partial charge on any atom is -0.494 e. The van der Waals surface area contributed by atoms with E-state index in [1.807, 2.05) is 31.2 Å². The van der Waals surface area contributed by atoms with Crippen LogP contribution >= 0.6 is 0 Å². The van der Waals surface area contributed by atoms with Crippen LogP contribution < -0.4 is 10.1 Å². The number of rotatable bonds is 6. The highest BCUT2D eigenvalue weighted by Gasteiger charge is 1.95. The number of hydrogen-bond acceptors (Lipinski definition) is 3. The van der Waals surface area contributed by atoms with Crippen LogP contribution in [0.4, 0.5) is 5.69 Å². The van der Waals surface area contributed by atoms with Crippen LogP contribution in [-0.4, -0.2) is 13.2 Å². The number of nitrogens with one attached hydrogen (secondary N) is 1. The molecular weight excluding hydrogens is 188 g/mol. The van der Waals surface area contributed by atoms with E-state index in [-0.39, 0.29) is 0 Å². The fraction of sp³-hybridized carbons (Fsp3) is 0.417. The van der Waals surface area contributed by atoms with Crippen LogP contribution in [0.1, 0.15) is 19.8 Å². The Morgan fingerprint density at radius 2 is 2.33 bits per heavy atom. The highest BCUT2D eigenvalue weighted by Crippen LogP contribution is 2.17. The van der Waals surface area contributed by atoms with E-state index < -0.39 is 0 Å². The van der Waals surface area contributed by atoms with Gasteiger partial charge in [-0.05, 0) is 25.5 Å². The number of nitrogens with zero attached hydrogens (tertiary/aromatic N) is 1. The Morgan fingerprint density at radius 3 is 3.07 bits per heavy atom. The van der Waals surface area contributed by atoms with Crippen LogP contribution in [0, 0.1) is 11.3 Å². The number of unbranched alkanes of at least 4 members (excludes halogenated alkanes) is 1. The smallest absolute Gasteiger partial charge is 0.121 e. The molecule has 0 amide bonds. The van der Waals surface area contributed by atoms with E-state index in [2.05, 4.69) is 11.4 Å². The average molecular weight is 204 g/mol. The van der Waals surface area contributed by atoms with Gasteiger partial charge in [-0.25, -0.2) is 0 Å². The molecule has 0 saturated carbocycles. The predicted octanol–water partition coefficient (Wildman–Crippen LogP) is 2.80. The van der Waals surface area contributed by atoms with E-state index in [1.165, 1.54) is 0 Å². The molecule has 0 radical (unpaired) electrons. The highest BCUT2D eigenvalue weighted by molar-refractivity contribution is 5.48. The minimum absolute atomic E-state index is 0.595. The molecule has 80 valence electrons. The summed E-state index contributed by atoms with van der Waals surface area (Å²) in [6.07, 6.45) is 1.47. The molecule has 0 aliphatic rings. The van der Waals surface area contributed by atoms with Crippen molar-refractivity contribution in [3.05, 3.63) is 24.3 Å².